The Balaban J connectivity index is 1.52. The molecule has 0 radical (unpaired) electrons. The number of rotatable bonds is 3. The Labute approximate surface area is 179 Å². The molecule has 29 heavy (non-hydrogen) atoms. The van der Waals surface area contributed by atoms with Crippen molar-refractivity contribution in [1.29, 1.82) is 0 Å². The maximum absolute atomic E-state index is 11.3. The summed E-state index contributed by atoms with van der Waals surface area (Å²) in [4.78, 5) is 0. The highest BCUT2D eigenvalue weighted by Gasteiger charge is 2.82. The van der Waals surface area contributed by atoms with Crippen LogP contribution in [0.4, 0.5) is 0 Å². The molecule has 0 amide bonds. The van der Waals surface area contributed by atoms with E-state index in [1.807, 2.05) is 0 Å². The van der Waals surface area contributed by atoms with E-state index in [4.69, 9.17) is 0 Å². The lowest BCUT2D eigenvalue weighted by Gasteiger charge is -2.63. The number of fused-ring (bicyclic) bond motifs is 2. The van der Waals surface area contributed by atoms with Gasteiger partial charge in [-0.2, -0.15) is 0 Å². The number of nitrogens with one attached hydrogen (secondary N) is 2. The van der Waals surface area contributed by atoms with Crippen LogP contribution in [-0.4, -0.2) is 37.4 Å². The SMILES string of the molecule is CNC(C)[C@H]1[C@H](O)C[C@@]2(C)C3CCC4C(C)(C)[C@@H](NC)CC[C@@]45C[C@@]35CCC12C. The Kier molecular flexibility index (Phi) is 4.31. The van der Waals surface area contributed by atoms with Gasteiger partial charge in [0.25, 0.3) is 0 Å². The van der Waals surface area contributed by atoms with Gasteiger partial charge in [0.2, 0.25) is 0 Å². The molecule has 3 nitrogen and oxygen atoms in total. The minimum atomic E-state index is -0.147. The molecule has 0 aliphatic heterocycles. The van der Waals surface area contributed by atoms with E-state index in [0.717, 1.165) is 18.3 Å². The summed E-state index contributed by atoms with van der Waals surface area (Å²) in [5.41, 5.74) is 2.14. The van der Waals surface area contributed by atoms with Gasteiger partial charge in [0.15, 0.2) is 0 Å². The van der Waals surface area contributed by atoms with Crippen molar-refractivity contribution in [2.75, 3.05) is 14.1 Å². The topological polar surface area (TPSA) is 44.3 Å². The largest absolute Gasteiger partial charge is 0.393 e. The fourth-order valence-electron chi connectivity index (χ4n) is 11.1. The molecule has 10 atom stereocenters. The highest BCUT2D eigenvalue weighted by atomic mass is 16.3. The zero-order valence-corrected chi connectivity index (χ0v) is 20.1. The van der Waals surface area contributed by atoms with Gasteiger partial charge >= 0.3 is 0 Å². The highest BCUT2D eigenvalue weighted by molar-refractivity contribution is 5.31. The standard InChI is InChI=1S/C26H46N2O/c1-16(27-6)21-17(29)14-24(5)19-9-8-18-22(2,3)20(28-7)10-11-25(18)15-26(19,25)13-12-23(21,24)4/h16-21,27-29H,8-15H2,1-7H3/t16?,17-,18?,19?,20+,21+,23?,24+,25-,26+/m1/s1. The van der Waals surface area contributed by atoms with Gasteiger partial charge in [-0.05, 0) is 111 Å². The first kappa shape index (κ1) is 20.8. The average Bonchev–Trinajstić information content (AvgIpc) is 3.26. The Morgan fingerprint density at radius 1 is 0.862 bits per heavy atom. The molecule has 5 aliphatic carbocycles. The van der Waals surface area contributed by atoms with Gasteiger partial charge in [-0.25, -0.2) is 0 Å². The van der Waals surface area contributed by atoms with Gasteiger partial charge in [0.1, 0.15) is 0 Å². The average molecular weight is 403 g/mol. The van der Waals surface area contributed by atoms with E-state index in [9.17, 15) is 5.11 Å². The maximum atomic E-state index is 11.3. The van der Waals surface area contributed by atoms with Crippen LogP contribution in [0.3, 0.4) is 0 Å². The Morgan fingerprint density at radius 2 is 1.52 bits per heavy atom. The van der Waals surface area contributed by atoms with E-state index < -0.39 is 0 Å². The molecule has 5 fully saturated rings. The third kappa shape index (κ3) is 2.16. The minimum Gasteiger partial charge on any atom is -0.393 e. The Bertz CT molecular complexity index is 692. The van der Waals surface area contributed by atoms with Crippen molar-refractivity contribution >= 4 is 0 Å². The molecule has 2 spiro atoms. The lowest BCUT2D eigenvalue weighted by atomic mass is 9.42. The second-order valence-electron chi connectivity index (χ2n) is 13.1. The van der Waals surface area contributed by atoms with Crippen molar-refractivity contribution in [3.05, 3.63) is 0 Å². The van der Waals surface area contributed by atoms with Crippen LogP contribution in [0, 0.1) is 44.8 Å². The summed E-state index contributed by atoms with van der Waals surface area (Å²) in [6.07, 6.45) is 10.7. The van der Waals surface area contributed by atoms with Crippen molar-refractivity contribution in [3.8, 4) is 0 Å². The summed E-state index contributed by atoms with van der Waals surface area (Å²) in [5, 5.41) is 18.4. The third-order valence-electron chi connectivity index (χ3n) is 12.5. The molecule has 0 heterocycles. The first-order chi connectivity index (χ1) is 13.5. The van der Waals surface area contributed by atoms with E-state index in [1.54, 1.807) is 0 Å². The third-order valence-corrected chi connectivity index (χ3v) is 12.5. The number of aliphatic hydroxyl groups excluding tert-OH is 1. The van der Waals surface area contributed by atoms with Gasteiger partial charge in [-0.1, -0.05) is 27.7 Å². The van der Waals surface area contributed by atoms with E-state index in [-0.39, 0.29) is 11.5 Å². The molecule has 5 saturated carbocycles. The van der Waals surface area contributed by atoms with E-state index >= 15 is 0 Å². The number of hydrogen-bond donors (Lipinski definition) is 3. The molecule has 5 aliphatic rings. The van der Waals surface area contributed by atoms with Gasteiger partial charge in [-0.15, -0.1) is 0 Å². The number of hydrogen-bond acceptors (Lipinski definition) is 3. The maximum Gasteiger partial charge on any atom is 0.0594 e. The predicted molar refractivity (Wildman–Crippen MR) is 120 cm³/mol. The Morgan fingerprint density at radius 3 is 2.17 bits per heavy atom. The second kappa shape index (κ2) is 6.01. The zero-order valence-electron chi connectivity index (χ0n) is 20.1. The summed E-state index contributed by atoms with van der Waals surface area (Å²) >= 11 is 0. The lowest BCUT2D eigenvalue weighted by Crippen LogP contribution is -2.59. The van der Waals surface area contributed by atoms with Crippen LogP contribution in [-0.2, 0) is 0 Å². The molecule has 0 saturated heterocycles. The van der Waals surface area contributed by atoms with E-state index in [2.05, 4.69) is 59.3 Å². The first-order valence-electron chi connectivity index (χ1n) is 12.6. The van der Waals surface area contributed by atoms with Crippen LogP contribution >= 0.6 is 0 Å². The monoisotopic (exact) mass is 402 g/mol. The van der Waals surface area contributed by atoms with Crippen LogP contribution in [0.2, 0.25) is 0 Å². The normalized spacial score (nSPS) is 58.6. The summed E-state index contributed by atoms with van der Waals surface area (Å²) in [5.74, 6) is 2.08. The van der Waals surface area contributed by atoms with Crippen molar-refractivity contribution in [2.45, 2.75) is 104 Å². The quantitative estimate of drug-likeness (QED) is 0.647. The van der Waals surface area contributed by atoms with Crippen LogP contribution in [0.15, 0.2) is 0 Å². The molecule has 3 N–H and O–H groups in total. The van der Waals surface area contributed by atoms with Crippen molar-refractivity contribution in [2.24, 2.45) is 44.8 Å². The summed E-state index contributed by atoms with van der Waals surface area (Å²) in [7, 11) is 4.25. The highest BCUT2D eigenvalue weighted by Crippen LogP contribution is 2.88. The van der Waals surface area contributed by atoms with Crippen molar-refractivity contribution < 1.29 is 5.11 Å². The molecule has 3 heteroatoms. The predicted octanol–water partition coefficient (Wildman–Crippen LogP) is 4.59. The van der Waals surface area contributed by atoms with Gasteiger partial charge in [0.05, 0.1) is 6.10 Å². The van der Waals surface area contributed by atoms with E-state index in [0.29, 0.717) is 39.7 Å². The van der Waals surface area contributed by atoms with Crippen LogP contribution in [0.5, 0.6) is 0 Å². The number of aliphatic hydroxyl groups is 1. The Hall–Kier alpha value is -0.120. The fraction of sp³-hybridized carbons (Fsp3) is 1.00. The molecule has 166 valence electrons. The van der Waals surface area contributed by atoms with Crippen LogP contribution in [0.1, 0.15) is 86.0 Å². The van der Waals surface area contributed by atoms with Crippen molar-refractivity contribution in [3.63, 3.8) is 0 Å². The van der Waals surface area contributed by atoms with Gasteiger partial charge < -0.3 is 15.7 Å². The molecule has 5 rings (SSSR count). The lowest BCUT2D eigenvalue weighted by molar-refractivity contribution is -0.144. The van der Waals surface area contributed by atoms with E-state index in [1.165, 1.54) is 44.9 Å². The van der Waals surface area contributed by atoms with Gasteiger partial charge in [0, 0.05) is 18.0 Å². The zero-order chi connectivity index (χ0) is 21.0. The smallest absolute Gasteiger partial charge is 0.0594 e. The minimum absolute atomic E-state index is 0.147. The second-order valence-corrected chi connectivity index (χ2v) is 13.1. The summed E-state index contributed by atoms with van der Waals surface area (Å²) in [6, 6.07) is 1.06. The molecular formula is C26H46N2O. The molecule has 0 aromatic heterocycles. The van der Waals surface area contributed by atoms with Gasteiger partial charge in [-0.3, -0.25) is 0 Å². The first-order valence-corrected chi connectivity index (χ1v) is 12.6. The molecule has 0 aromatic rings. The molecule has 0 bridgehead atoms. The summed E-state index contributed by atoms with van der Waals surface area (Å²) in [6.45, 7) is 12.6. The molecular weight excluding hydrogens is 356 g/mol. The molecule has 0 aromatic carbocycles. The van der Waals surface area contributed by atoms with Crippen LogP contribution in [0.25, 0.3) is 0 Å². The van der Waals surface area contributed by atoms with Crippen molar-refractivity contribution in [1.82, 2.24) is 10.6 Å². The van der Waals surface area contributed by atoms with Crippen LogP contribution < -0.4 is 10.6 Å². The molecule has 4 unspecified atom stereocenters. The fourth-order valence-corrected chi connectivity index (χ4v) is 11.1. The summed E-state index contributed by atoms with van der Waals surface area (Å²) < 4.78 is 0.